The van der Waals surface area contributed by atoms with Gasteiger partial charge in [0.2, 0.25) is 5.91 Å². The number of nitrogens with zero attached hydrogens (tertiary/aromatic N) is 2. The zero-order chi connectivity index (χ0) is 14.5. The van der Waals surface area contributed by atoms with Crippen LogP contribution in [0.15, 0.2) is 24.3 Å². The number of likely N-dealkylation sites (tertiary alicyclic amines) is 1. The second kappa shape index (κ2) is 6.81. The molecule has 2 rings (SSSR count). The van der Waals surface area contributed by atoms with Crippen LogP contribution in [0.3, 0.4) is 0 Å². The van der Waals surface area contributed by atoms with Crippen molar-refractivity contribution in [1.29, 1.82) is 0 Å². The quantitative estimate of drug-likeness (QED) is 0.775. The lowest BCUT2D eigenvalue weighted by Crippen LogP contribution is -2.40. The second-order valence-electron chi connectivity index (χ2n) is 5.07. The van der Waals surface area contributed by atoms with E-state index in [9.17, 15) is 9.18 Å². The van der Waals surface area contributed by atoms with Gasteiger partial charge in [-0.2, -0.15) is 0 Å². The molecule has 1 aliphatic rings. The Morgan fingerprint density at radius 2 is 2.15 bits per heavy atom. The molecule has 0 N–H and O–H groups in total. The molecule has 1 amide bonds. The molecule has 0 aliphatic carbocycles. The largest absolute Gasteiger partial charge is 0.297 e. The van der Waals surface area contributed by atoms with E-state index in [-0.39, 0.29) is 17.8 Å². The van der Waals surface area contributed by atoms with Crippen molar-refractivity contribution in [1.82, 2.24) is 9.96 Å². The number of amides is 1. The summed E-state index contributed by atoms with van der Waals surface area (Å²) in [5.41, 5.74) is 1.08. The van der Waals surface area contributed by atoms with Crippen molar-refractivity contribution in [3.05, 3.63) is 35.6 Å². The number of carbonyl (C=O) groups excluding carboxylic acids is 1. The Kier molecular flexibility index (Phi) is 5.09. The van der Waals surface area contributed by atoms with Crippen LogP contribution in [0.1, 0.15) is 25.8 Å². The molecule has 1 aliphatic heterocycles. The van der Waals surface area contributed by atoms with E-state index in [0.717, 1.165) is 31.6 Å². The summed E-state index contributed by atoms with van der Waals surface area (Å²) in [7, 11) is 0. The lowest BCUT2D eigenvalue weighted by molar-refractivity contribution is -0.194. The fourth-order valence-electron chi connectivity index (χ4n) is 2.59. The Morgan fingerprint density at radius 1 is 1.45 bits per heavy atom. The Hall–Kier alpha value is -1.46. The molecule has 20 heavy (non-hydrogen) atoms. The van der Waals surface area contributed by atoms with Gasteiger partial charge in [0, 0.05) is 26.6 Å². The Labute approximate surface area is 119 Å². The van der Waals surface area contributed by atoms with Crippen molar-refractivity contribution in [2.75, 3.05) is 19.7 Å². The third-order valence-electron chi connectivity index (χ3n) is 3.48. The summed E-state index contributed by atoms with van der Waals surface area (Å²) < 4.78 is 12.9. The van der Waals surface area contributed by atoms with Crippen molar-refractivity contribution in [3.63, 3.8) is 0 Å². The number of hydrogen-bond acceptors (Lipinski definition) is 3. The minimum absolute atomic E-state index is 0.0551. The van der Waals surface area contributed by atoms with Gasteiger partial charge >= 0.3 is 0 Å². The zero-order valence-electron chi connectivity index (χ0n) is 12.0. The first kappa shape index (κ1) is 14.9. The van der Waals surface area contributed by atoms with Crippen LogP contribution in [0.4, 0.5) is 4.39 Å². The highest BCUT2D eigenvalue weighted by atomic mass is 19.1. The first-order chi connectivity index (χ1) is 9.60. The number of hydrogen-bond donors (Lipinski definition) is 0. The van der Waals surface area contributed by atoms with Crippen molar-refractivity contribution >= 4 is 5.91 Å². The smallest absolute Gasteiger partial charge is 0.243 e. The maximum atomic E-state index is 12.9. The lowest BCUT2D eigenvalue weighted by atomic mass is 10.2. The van der Waals surface area contributed by atoms with Crippen LogP contribution in [-0.4, -0.2) is 41.6 Å². The molecule has 1 saturated heterocycles. The van der Waals surface area contributed by atoms with Gasteiger partial charge in [0.25, 0.3) is 0 Å². The van der Waals surface area contributed by atoms with E-state index < -0.39 is 0 Å². The average Bonchev–Trinajstić information content (AvgIpc) is 2.86. The van der Waals surface area contributed by atoms with Crippen LogP contribution in [0.2, 0.25) is 0 Å². The van der Waals surface area contributed by atoms with Gasteiger partial charge in [-0.05, 0) is 31.0 Å². The average molecular weight is 280 g/mol. The van der Waals surface area contributed by atoms with Gasteiger partial charge in [-0.25, -0.2) is 9.45 Å². The van der Waals surface area contributed by atoms with Crippen LogP contribution in [-0.2, 0) is 16.2 Å². The summed E-state index contributed by atoms with van der Waals surface area (Å²) in [5.74, 6) is -0.271. The summed E-state index contributed by atoms with van der Waals surface area (Å²) in [4.78, 5) is 19.2. The Balaban J connectivity index is 1.91. The second-order valence-corrected chi connectivity index (χ2v) is 5.07. The monoisotopic (exact) mass is 280 g/mol. The van der Waals surface area contributed by atoms with Crippen LogP contribution in [0.25, 0.3) is 0 Å². The highest BCUT2D eigenvalue weighted by molar-refractivity contribution is 5.72. The Bertz CT molecular complexity index is 450. The maximum absolute atomic E-state index is 12.9. The molecule has 1 aromatic rings. The van der Waals surface area contributed by atoms with Crippen LogP contribution < -0.4 is 0 Å². The molecule has 0 radical (unpaired) electrons. The van der Waals surface area contributed by atoms with Crippen molar-refractivity contribution < 1.29 is 14.0 Å². The molecule has 1 aromatic carbocycles. The Morgan fingerprint density at radius 3 is 2.75 bits per heavy atom. The summed E-state index contributed by atoms with van der Waals surface area (Å²) in [6.45, 7) is 6.37. The minimum Gasteiger partial charge on any atom is -0.297 e. The molecule has 0 saturated carbocycles. The van der Waals surface area contributed by atoms with Gasteiger partial charge in [-0.15, -0.1) is 0 Å². The number of halogens is 1. The van der Waals surface area contributed by atoms with Crippen molar-refractivity contribution in [2.45, 2.75) is 32.9 Å². The van der Waals surface area contributed by atoms with Gasteiger partial charge in [-0.3, -0.25) is 14.5 Å². The van der Waals surface area contributed by atoms with E-state index >= 15 is 0 Å². The number of carbonyl (C=O) groups is 1. The molecule has 1 fully saturated rings. The van der Waals surface area contributed by atoms with Gasteiger partial charge in [0.15, 0.2) is 0 Å². The van der Waals surface area contributed by atoms with E-state index in [4.69, 9.17) is 4.84 Å². The van der Waals surface area contributed by atoms with E-state index in [1.807, 2.05) is 6.92 Å². The van der Waals surface area contributed by atoms with Gasteiger partial charge in [-0.1, -0.05) is 12.1 Å². The summed E-state index contributed by atoms with van der Waals surface area (Å²) in [6, 6.07) is 6.66. The van der Waals surface area contributed by atoms with Crippen molar-refractivity contribution in [2.24, 2.45) is 0 Å². The molecule has 0 bridgehead atoms. The first-order valence-corrected chi connectivity index (χ1v) is 6.99. The molecular weight excluding hydrogens is 259 g/mol. The molecule has 1 heterocycles. The van der Waals surface area contributed by atoms with Gasteiger partial charge in [0.05, 0.1) is 12.6 Å². The molecule has 0 spiro atoms. The summed E-state index contributed by atoms with van der Waals surface area (Å²) in [5, 5.41) is 1.49. The predicted octanol–water partition coefficient (Wildman–Crippen LogP) is 2.20. The molecular formula is C15H21FN2O2. The molecule has 110 valence electrons. The molecule has 5 heteroatoms. The highest BCUT2D eigenvalue weighted by Crippen LogP contribution is 2.19. The van der Waals surface area contributed by atoms with Crippen LogP contribution >= 0.6 is 0 Å². The van der Waals surface area contributed by atoms with Crippen LogP contribution in [0, 0.1) is 5.82 Å². The summed E-state index contributed by atoms with van der Waals surface area (Å²) >= 11 is 0. The number of hydroxylamine groups is 2. The third-order valence-corrected chi connectivity index (χ3v) is 3.48. The molecule has 0 unspecified atom stereocenters. The van der Waals surface area contributed by atoms with Gasteiger partial charge in [0.1, 0.15) is 5.82 Å². The van der Waals surface area contributed by atoms with E-state index in [0.29, 0.717) is 6.61 Å². The molecule has 1 atom stereocenters. The normalized spacial score (nSPS) is 19.2. The maximum Gasteiger partial charge on any atom is 0.243 e. The van der Waals surface area contributed by atoms with Gasteiger partial charge < -0.3 is 0 Å². The SMILES string of the molecule is CCON(C(C)=O)[C@H]1CCN(Cc2ccc(F)cc2)C1. The van der Waals surface area contributed by atoms with E-state index in [1.165, 1.54) is 24.1 Å². The van der Waals surface area contributed by atoms with E-state index in [1.54, 1.807) is 12.1 Å². The number of rotatable bonds is 5. The topological polar surface area (TPSA) is 32.8 Å². The fourth-order valence-corrected chi connectivity index (χ4v) is 2.59. The zero-order valence-corrected chi connectivity index (χ0v) is 12.0. The van der Waals surface area contributed by atoms with Crippen molar-refractivity contribution in [3.8, 4) is 0 Å². The standard InChI is InChI=1S/C15H21FN2O2/c1-3-20-18(12(2)19)15-8-9-17(11-15)10-13-4-6-14(16)7-5-13/h4-7,15H,3,8-11H2,1-2H3/t15-/m0/s1. The number of benzene rings is 1. The molecule has 0 aromatic heterocycles. The predicted molar refractivity (Wildman–Crippen MR) is 74.2 cm³/mol. The molecule has 4 nitrogen and oxygen atoms in total. The first-order valence-electron chi connectivity index (χ1n) is 6.99. The third kappa shape index (κ3) is 3.77. The highest BCUT2D eigenvalue weighted by Gasteiger charge is 2.29. The minimum atomic E-state index is -0.216. The van der Waals surface area contributed by atoms with Crippen LogP contribution in [0.5, 0.6) is 0 Å². The fraction of sp³-hybridized carbons (Fsp3) is 0.533. The van der Waals surface area contributed by atoms with E-state index in [2.05, 4.69) is 4.90 Å². The summed E-state index contributed by atoms with van der Waals surface area (Å²) in [6.07, 6.45) is 0.904. The lowest BCUT2D eigenvalue weighted by Gasteiger charge is -2.26.